The number of carboxylic acids is 2. The fourth-order valence-corrected chi connectivity index (χ4v) is 3.72. The molecule has 0 aliphatic heterocycles. The van der Waals surface area contributed by atoms with Gasteiger partial charge in [0, 0.05) is 35.0 Å². The van der Waals surface area contributed by atoms with Crippen molar-refractivity contribution in [3.63, 3.8) is 0 Å². The first-order chi connectivity index (χ1) is 16.6. The summed E-state index contributed by atoms with van der Waals surface area (Å²) in [6, 6.07) is 2.16. The average Bonchev–Trinajstić information content (AvgIpc) is 3.22. The normalized spacial score (nSPS) is 14.4. The number of aliphatic carboxylic acids is 2. The molecule has 0 saturated heterocycles. The minimum atomic E-state index is -1.40. The van der Waals surface area contributed by atoms with Crippen molar-refractivity contribution in [1.29, 1.82) is 0 Å². The van der Waals surface area contributed by atoms with Gasteiger partial charge in [0.2, 0.25) is 17.7 Å². The topological polar surface area (TPSA) is 204 Å². The molecule has 1 aromatic heterocycles. The van der Waals surface area contributed by atoms with E-state index in [1.54, 1.807) is 12.3 Å². The number of aromatic amines is 1. The predicted octanol–water partition coefficient (Wildman–Crippen LogP) is -1.09. The highest BCUT2D eigenvalue weighted by molar-refractivity contribution is 7.80. The van der Waals surface area contributed by atoms with E-state index in [4.69, 9.17) is 15.9 Å². The summed E-state index contributed by atoms with van der Waals surface area (Å²) < 4.78 is 0. The van der Waals surface area contributed by atoms with Crippen LogP contribution in [0.3, 0.4) is 0 Å². The number of carbonyl (C=O) groups is 5. The second kappa shape index (κ2) is 13.0. The Balaban J connectivity index is 2.23. The number of H-pyrrole nitrogens is 1. The lowest BCUT2D eigenvalue weighted by molar-refractivity contribution is -0.141. The second-order valence-corrected chi connectivity index (χ2v) is 8.39. The van der Waals surface area contributed by atoms with E-state index >= 15 is 0 Å². The Morgan fingerprint density at radius 2 is 1.46 bits per heavy atom. The van der Waals surface area contributed by atoms with E-state index in [1.165, 1.54) is 0 Å². The lowest BCUT2D eigenvalue weighted by Gasteiger charge is -2.24. The van der Waals surface area contributed by atoms with Gasteiger partial charge in [-0.3, -0.25) is 19.2 Å². The molecule has 14 heteroatoms. The summed E-state index contributed by atoms with van der Waals surface area (Å²) in [7, 11) is 0. The van der Waals surface area contributed by atoms with Crippen molar-refractivity contribution in [2.24, 2.45) is 5.73 Å². The number of nitrogens with one attached hydrogen (secondary N) is 4. The zero-order valence-corrected chi connectivity index (χ0v) is 20.2. The van der Waals surface area contributed by atoms with Crippen molar-refractivity contribution in [2.45, 2.75) is 37.0 Å². The monoisotopic (exact) mass is 525 g/mol. The van der Waals surface area contributed by atoms with Crippen molar-refractivity contribution in [3.05, 3.63) is 36.0 Å². The van der Waals surface area contributed by atoms with Gasteiger partial charge in [-0.25, -0.2) is 4.79 Å². The van der Waals surface area contributed by atoms with Crippen molar-refractivity contribution in [3.8, 4) is 0 Å². The fourth-order valence-electron chi connectivity index (χ4n) is 3.21. The molecule has 0 aliphatic carbocycles. The number of hydrogen-bond donors (Lipinski definition) is 9. The first-order valence-electron chi connectivity index (χ1n) is 10.4. The summed E-state index contributed by atoms with van der Waals surface area (Å²) in [6.07, 6.45) is 1.02. The van der Waals surface area contributed by atoms with E-state index in [0.717, 1.165) is 10.9 Å². The number of nitrogens with two attached hydrogens (primary N) is 1. The van der Waals surface area contributed by atoms with Gasteiger partial charge in [-0.1, -0.05) is 18.2 Å². The molecule has 190 valence electrons. The van der Waals surface area contributed by atoms with Crippen LogP contribution in [0.2, 0.25) is 0 Å². The smallest absolute Gasteiger partial charge is 0.327 e. The van der Waals surface area contributed by atoms with Gasteiger partial charge >= 0.3 is 11.9 Å². The van der Waals surface area contributed by atoms with Crippen LogP contribution in [0.15, 0.2) is 30.5 Å². The van der Waals surface area contributed by atoms with Gasteiger partial charge < -0.3 is 36.9 Å². The van der Waals surface area contributed by atoms with Crippen LogP contribution in [0.4, 0.5) is 0 Å². The number of amides is 3. The number of carbonyl (C=O) groups excluding carboxylic acids is 3. The number of para-hydroxylation sites is 1. The number of fused-ring (bicyclic) bond motifs is 1. The van der Waals surface area contributed by atoms with E-state index in [0.29, 0.717) is 5.56 Å². The molecule has 0 bridgehead atoms. The molecular formula is C21H27N5O7S2. The third-order valence-electron chi connectivity index (χ3n) is 5.08. The summed E-state index contributed by atoms with van der Waals surface area (Å²) in [5.41, 5.74) is 7.12. The highest BCUT2D eigenvalue weighted by Crippen LogP contribution is 2.19. The molecule has 1 aromatic carbocycles. The Morgan fingerprint density at radius 1 is 0.886 bits per heavy atom. The molecule has 8 N–H and O–H groups in total. The summed E-state index contributed by atoms with van der Waals surface area (Å²) in [4.78, 5) is 63.2. The van der Waals surface area contributed by atoms with Crippen molar-refractivity contribution in [1.82, 2.24) is 20.9 Å². The molecule has 0 saturated carbocycles. The number of hydrogen-bond acceptors (Lipinski definition) is 8. The van der Waals surface area contributed by atoms with Gasteiger partial charge in [0.15, 0.2) is 0 Å². The van der Waals surface area contributed by atoms with E-state index in [2.05, 4.69) is 46.2 Å². The number of thiol groups is 2. The first-order valence-corrected chi connectivity index (χ1v) is 11.7. The van der Waals surface area contributed by atoms with E-state index in [1.807, 2.05) is 18.2 Å². The molecule has 0 radical (unpaired) electrons. The van der Waals surface area contributed by atoms with Crippen LogP contribution in [-0.4, -0.2) is 80.5 Å². The summed E-state index contributed by atoms with van der Waals surface area (Å²) in [5.74, 6) is -5.34. The minimum Gasteiger partial charge on any atom is -0.481 e. The van der Waals surface area contributed by atoms with Crippen LogP contribution in [0.5, 0.6) is 0 Å². The van der Waals surface area contributed by atoms with Gasteiger partial charge in [0.1, 0.15) is 18.1 Å². The zero-order chi connectivity index (χ0) is 26.1. The third-order valence-corrected chi connectivity index (χ3v) is 5.81. The number of rotatable bonds is 13. The predicted molar refractivity (Wildman–Crippen MR) is 133 cm³/mol. The highest BCUT2D eigenvalue weighted by atomic mass is 32.1. The second-order valence-electron chi connectivity index (χ2n) is 7.65. The molecule has 4 atom stereocenters. The highest BCUT2D eigenvalue weighted by Gasteiger charge is 2.30. The largest absolute Gasteiger partial charge is 0.481 e. The van der Waals surface area contributed by atoms with Crippen LogP contribution in [0.1, 0.15) is 12.0 Å². The maximum absolute atomic E-state index is 13.1. The third kappa shape index (κ3) is 7.90. The molecule has 0 fully saturated rings. The summed E-state index contributed by atoms with van der Waals surface area (Å²) in [6.45, 7) is 0. The number of carboxylic acid groups (broad SMARTS) is 2. The van der Waals surface area contributed by atoms with Gasteiger partial charge in [-0.05, 0) is 11.6 Å². The van der Waals surface area contributed by atoms with Crippen molar-refractivity contribution < 1.29 is 34.2 Å². The zero-order valence-electron chi connectivity index (χ0n) is 18.4. The van der Waals surface area contributed by atoms with E-state index < -0.39 is 60.2 Å². The lowest BCUT2D eigenvalue weighted by Crippen LogP contribution is -2.58. The Hall–Kier alpha value is -3.23. The molecule has 1 heterocycles. The Labute approximate surface area is 211 Å². The maximum atomic E-state index is 13.1. The molecular weight excluding hydrogens is 498 g/mol. The lowest BCUT2D eigenvalue weighted by atomic mass is 10.0. The van der Waals surface area contributed by atoms with Crippen molar-refractivity contribution >= 4 is 65.8 Å². The van der Waals surface area contributed by atoms with Gasteiger partial charge in [-0.15, -0.1) is 0 Å². The molecule has 12 nitrogen and oxygen atoms in total. The molecule has 2 rings (SSSR count). The molecule has 35 heavy (non-hydrogen) atoms. The van der Waals surface area contributed by atoms with Crippen LogP contribution < -0.4 is 21.7 Å². The minimum absolute atomic E-state index is 0.00329. The van der Waals surface area contributed by atoms with Crippen LogP contribution in [0.25, 0.3) is 10.9 Å². The Kier molecular flexibility index (Phi) is 10.4. The Bertz CT molecular complexity index is 1090. The van der Waals surface area contributed by atoms with Gasteiger partial charge in [0.25, 0.3) is 0 Å². The number of aromatic nitrogens is 1. The molecule has 0 aliphatic rings. The maximum Gasteiger partial charge on any atom is 0.327 e. The fraction of sp³-hybridized carbons (Fsp3) is 0.381. The van der Waals surface area contributed by atoms with Gasteiger partial charge in [-0.2, -0.15) is 25.3 Å². The SMILES string of the molecule is NC(CC(=O)O)C(=O)NC(Cc1c[nH]c2ccccc12)C(=O)NC(CS)C(=O)NC(CS)C(=O)O. The van der Waals surface area contributed by atoms with Gasteiger partial charge in [0.05, 0.1) is 12.5 Å². The molecule has 0 spiro atoms. The molecule has 2 aromatic rings. The summed E-state index contributed by atoms with van der Waals surface area (Å²) in [5, 5.41) is 26.0. The Morgan fingerprint density at radius 3 is 2.06 bits per heavy atom. The van der Waals surface area contributed by atoms with E-state index in [9.17, 15) is 24.0 Å². The van der Waals surface area contributed by atoms with Crippen LogP contribution in [-0.2, 0) is 30.4 Å². The van der Waals surface area contributed by atoms with Crippen molar-refractivity contribution in [2.75, 3.05) is 11.5 Å². The van der Waals surface area contributed by atoms with E-state index in [-0.39, 0.29) is 17.9 Å². The quantitative estimate of drug-likeness (QED) is 0.147. The van der Waals surface area contributed by atoms with Crippen LogP contribution >= 0.6 is 25.3 Å². The molecule has 3 amide bonds. The molecule has 4 unspecified atom stereocenters. The summed E-state index contributed by atoms with van der Waals surface area (Å²) >= 11 is 7.94. The average molecular weight is 526 g/mol. The standard InChI is InChI=1S/C21H27N5O7S2/c22-12(6-17(27)28)18(29)24-14(5-10-7-23-13-4-2-1-3-11(10)13)19(30)25-15(8-34)20(31)26-16(9-35)21(32)33/h1-4,7,12,14-16,23,34-35H,5-6,8-9,22H2,(H,24,29)(H,25,30)(H,26,31)(H,27,28)(H,32,33). The number of benzene rings is 1. The first kappa shape index (κ1) is 28.0. The van der Waals surface area contributed by atoms with Crippen LogP contribution in [0, 0.1) is 0 Å².